The van der Waals surface area contributed by atoms with Crippen LogP contribution in [0.1, 0.15) is 21.5 Å². The number of amides is 1. The molecule has 5 rings (SSSR count). The maximum absolute atomic E-state index is 12.8. The van der Waals surface area contributed by atoms with Crippen molar-refractivity contribution in [3.63, 3.8) is 0 Å². The lowest BCUT2D eigenvalue weighted by molar-refractivity contribution is -0.122. The van der Waals surface area contributed by atoms with E-state index in [1.54, 1.807) is 12.1 Å². The zero-order valence-electron chi connectivity index (χ0n) is 17.1. The molecule has 0 aromatic heterocycles. The highest BCUT2D eigenvalue weighted by Gasteiger charge is 2.53. The molecule has 2 aromatic carbocycles. The average Bonchev–Trinajstić information content (AvgIpc) is 3.44. The van der Waals surface area contributed by atoms with Crippen LogP contribution >= 0.6 is 0 Å². The Morgan fingerprint density at radius 2 is 1.58 bits per heavy atom. The molecular formula is C23H26N2O5S. The lowest BCUT2D eigenvalue weighted by atomic mass is 10.00. The number of benzene rings is 2. The van der Waals surface area contributed by atoms with Gasteiger partial charge in [-0.15, -0.1) is 0 Å². The molecule has 3 atom stereocenters. The first-order valence-electron chi connectivity index (χ1n) is 10.4. The molecule has 2 aromatic rings. The minimum atomic E-state index is -3.19. The Bertz CT molecular complexity index is 1030. The molecule has 0 spiro atoms. The quantitative estimate of drug-likeness (QED) is 0.696. The Morgan fingerprint density at radius 1 is 1.00 bits per heavy atom. The van der Waals surface area contributed by atoms with Gasteiger partial charge in [-0.25, -0.2) is 8.42 Å². The van der Waals surface area contributed by atoms with Gasteiger partial charge in [0, 0.05) is 36.7 Å². The Hall–Kier alpha value is -2.71. The Balaban J connectivity index is 0.000000730. The van der Waals surface area contributed by atoms with E-state index in [0.717, 1.165) is 19.4 Å². The molecule has 164 valence electrons. The number of carboxylic acid groups (broad SMARTS) is 1. The highest BCUT2D eigenvalue weighted by Crippen LogP contribution is 2.37. The fourth-order valence-electron chi connectivity index (χ4n) is 5.18. The van der Waals surface area contributed by atoms with Crippen molar-refractivity contribution in [2.75, 3.05) is 18.8 Å². The Morgan fingerprint density at radius 3 is 2.19 bits per heavy atom. The number of rotatable bonds is 3. The zero-order valence-corrected chi connectivity index (χ0v) is 17.9. The monoisotopic (exact) mass is 442 g/mol. The van der Waals surface area contributed by atoms with Crippen LogP contribution in [0.2, 0.25) is 0 Å². The maximum Gasteiger partial charge on any atom is 0.290 e. The fourth-order valence-corrected chi connectivity index (χ4v) is 7.48. The predicted octanol–water partition coefficient (Wildman–Crippen LogP) is 1.38. The van der Waals surface area contributed by atoms with E-state index in [1.807, 2.05) is 18.2 Å². The van der Waals surface area contributed by atoms with Crippen molar-refractivity contribution < 1.29 is 23.1 Å². The zero-order chi connectivity index (χ0) is 22.0. The number of sulfone groups is 1. The lowest BCUT2D eigenvalue weighted by Gasteiger charge is -2.26. The van der Waals surface area contributed by atoms with Gasteiger partial charge in [0.25, 0.3) is 12.4 Å². The van der Waals surface area contributed by atoms with Crippen LogP contribution in [0.3, 0.4) is 0 Å². The number of likely N-dealkylation sites (tertiary alicyclic amines) is 1. The molecule has 2 aliphatic heterocycles. The Kier molecular flexibility index (Phi) is 6.11. The number of hydrogen-bond acceptors (Lipinski definition) is 5. The molecule has 0 unspecified atom stereocenters. The first kappa shape index (κ1) is 21.5. The number of carbonyl (C=O) groups is 2. The second-order valence-electron chi connectivity index (χ2n) is 8.37. The summed E-state index contributed by atoms with van der Waals surface area (Å²) in [7, 11) is -3.19. The molecule has 2 heterocycles. The standard InChI is InChI=1S/C22H24N2O3S.CH2O2/c25-22(15-6-2-1-3-7-15)23-20-14-28(26,27)21-13-24(12-19(20)21)18-10-16-8-4-5-9-17(16)11-18;2-1-3/h1-9,18-21H,10-14H2,(H,23,25);1H,(H,2,3)/t19-,20+,21-;/m0./s1. The van der Waals surface area contributed by atoms with Gasteiger partial charge in [-0.2, -0.15) is 0 Å². The SMILES string of the molecule is O=C(N[C@@H]1CS(=O)(=O)[C@H]2CN(C3Cc4ccccc4C3)C[C@@H]12)c1ccccc1.O=CO. The van der Waals surface area contributed by atoms with Crippen LogP contribution < -0.4 is 5.32 Å². The third kappa shape index (κ3) is 4.36. The van der Waals surface area contributed by atoms with Gasteiger partial charge in [-0.1, -0.05) is 42.5 Å². The van der Waals surface area contributed by atoms with Crippen molar-refractivity contribution in [2.45, 2.75) is 30.2 Å². The topological polar surface area (TPSA) is 104 Å². The van der Waals surface area contributed by atoms with Gasteiger partial charge in [0.15, 0.2) is 9.84 Å². The van der Waals surface area contributed by atoms with Crippen molar-refractivity contribution in [2.24, 2.45) is 5.92 Å². The summed E-state index contributed by atoms with van der Waals surface area (Å²) in [5.74, 6) is -0.158. The summed E-state index contributed by atoms with van der Waals surface area (Å²) >= 11 is 0. The van der Waals surface area contributed by atoms with E-state index >= 15 is 0 Å². The summed E-state index contributed by atoms with van der Waals surface area (Å²) in [6.07, 6.45) is 1.97. The van der Waals surface area contributed by atoms with Crippen molar-refractivity contribution in [1.82, 2.24) is 10.2 Å². The van der Waals surface area contributed by atoms with Gasteiger partial charge in [-0.05, 0) is 36.1 Å². The van der Waals surface area contributed by atoms with Crippen molar-refractivity contribution >= 4 is 22.2 Å². The van der Waals surface area contributed by atoms with Crippen LogP contribution in [0.15, 0.2) is 54.6 Å². The molecular weight excluding hydrogens is 416 g/mol. The summed E-state index contributed by atoms with van der Waals surface area (Å²) in [6.45, 7) is 1.08. The summed E-state index contributed by atoms with van der Waals surface area (Å²) in [5.41, 5.74) is 3.33. The number of carbonyl (C=O) groups excluding carboxylic acids is 1. The number of nitrogens with one attached hydrogen (secondary N) is 1. The van der Waals surface area contributed by atoms with Gasteiger partial charge in [0.05, 0.1) is 11.0 Å². The average molecular weight is 443 g/mol. The van der Waals surface area contributed by atoms with E-state index in [9.17, 15) is 13.2 Å². The normalized spacial score (nSPS) is 26.4. The molecule has 1 aliphatic carbocycles. The van der Waals surface area contributed by atoms with Crippen LogP contribution in [-0.2, 0) is 27.5 Å². The number of nitrogens with zero attached hydrogens (tertiary/aromatic N) is 1. The molecule has 1 amide bonds. The molecule has 7 nitrogen and oxygen atoms in total. The van der Waals surface area contributed by atoms with Gasteiger partial charge >= 0.3 is 0 Å². The molecule has 3 aliphatic rings. The predicted molar refractivity (Wildman–Crippen MR) is 117 cm³/mol. The molecule has 0 bridgehead atoms. The van der Waals surface area contributed by atoms with E-state index in [-0.39, 0.29) is 35.3 Å². The fraction of sp³-hybridized carbons (Fsp3) is 0.391. The van der Waals surface area contributed by atoms with Gasteiger partial charge < -0.3 is 10.4 Å². The number of fused-ring (bicyclic) bond motifs is 2. The summed E-state index contributed by atoms with van der Waals surface area (Å²) in [4.78, 5) is 23.3. The van der Waals surface area contributed by atoms with E-state index in [0.29, 0.717) is 18.2 Å². The Labute approximate surface area is 182 Å². The third-order valence-electron chi connectivity index (χ3n) is 6.63. The molecule has 31 heavy (non-hydrogen) atoms. The minimum absolute atomic E-state index is 0.0265. The summed E-state index contributed by atoms with van der Waals surface area (Å²) in [6, 6.07) is 17.6. The van der Waals surface area contributed by atoms with E-state index in [2.05, 4.69) is 34.5 Å². The van der Waals surface area contributed by atoms with Crippen molar-refractivity contribution in [1.29, 1.82) is 0 Å². The summed E-state index contributed by atoms with van der Waals surface area (Å²) in [5, 5.41) is 9.53. The molecule has 2 fully saturated rings. The minimum Gasteiger partial charge on any atom is -0.483 e. The first-order valence-corrected chi connectivity index (χ1v) is 12.1. The second-order valence-corrected chi connectivity index (χ2v) is 10.6. The lowest BCUT2D eigenvalue weighted by Crippen LogP contribution is -2.43. The van der Waals surface area contributed by atoms with Crippen LogP contribution in [0.25, 0.3) is 0 Å². The largest absolute Gasteiger partial charge is 0.483 e. The first-order chi connectivity index (χ1) is 14.9. The van der Waals surface area contributed by atoms with Crippen LogP contribution in [0.5, 0.6) is 0 Å². The van der Waals surface area contributed by atoms with Crippen molar-refractivity contribution in [3.8, 4) is 0 Å². The smallest absolute Gasteiger partial charge is 0.290 e. The second kappa shape index (κ2) is 8.80. The third-order valence-corrected chi connectivity index (χ3v) is 8.87. The highest BCUT2D eigenvalue weighted by atomic mass is 32.2. The highest BCUT2D eigenvalue weighted by molar-refractivity contribution is 7.92. The molecule has 2 N–H and O–H groups in total. The van der Waals surface area contributed by atoms with Gasteiger partial charge in [0.2, 0.25) is 0 Å². The van der Waals surface area contributed by atoms with Gasteiger partial charge in [0.1, 0.15) is 0 Å². The number of hydrogen-bond donors (Lipinski definition) is 2. The molecule has 8 heteroatoms. The molecule has 0 saturated carbocycles. The van der Waals surface area contributed by atoms with Crippen LogP contribution in [0.4, 0.5) is 0 Å². The van der Waals surface area contributed by atoms with Crippen LogP contribution in [-0.4, -0.2) is 67.0 Å². The summed E-state index contributed by atoms with van der Waals surface area (Å²) < 4.78 is 25.5. The molecule has 0 radical (unpaired) electrons. The van der Waals surface area contributed by atoms with Gasteiger partial charge in [-0.3, -0.25) is 14.5 Å². The van der Waals surface area contributed by atoms with E-state index in [1.165, 1.54) is 11.1 Å². The van der Waals surface area contributed by atoms with E-state index < -0.39 is 9.84 Å². The van der Waals surface area contributed by atoms with E-state index in [4.69, 9.17) is 9.90 Å². The maximum atomic E-state index is 12.8. The van der Waals surface area contributed by atoms with Crippen molar-refractivity contribution in [3.05, 3.63) is 71.3 Å². The molecule has 2 saturated heterocycles. The van der Waals surface area contributed by atoms with Crippen LogP contribution in [0, 0.1) is 5.92 Å².